The van der Waals surface area contributed by atoms with E-state index in [2.05, 4.69) is 20.6 Å². The minimum Gasteiger partial charge on any atom is -0.493 e. The molecule has 168 valence electrons. The van der Waals surface area contributed by atoms with Crippen LogP contribution in [0.4, 0.5) is 5.95 Å². The van der Waals surface area contributed by atoms with Gasteiger partial charge in [-0.05, 0) is 55.3 Å². The van der Waals surface area contributed by atoms with Crippen LogP contribution in [0.25, 0.3) is 11.3 Å². The number of nitrogens with two attached hydrogens (primary N) is 1. The van der Waals surface area contributed by atoms with Crippen LogP contribution in [-0.4, -0.2) is 49.7 Å². The molecule has 0 aliphatic rings. The molecule has 0 aliphatic carbocycles. The summed E-state index contributed by atoms with van der Waals surface area (Å²) in [5, 5.41) is 6.12. The molecule has 0 radical (unpaired) electrons. The lowest BCUT2D eigenvalue weighted by Crippen LogP contribution is -2.25. The molecule has 3 aromatic rings. The molecule has 0 saturated heterocycles. The fraction of sp³-hybridized carbons (Fsp3) is 0.292. The second-order valence-electron chi connectivity index (χ2n) is 7.11. The zero-order chi connectivity index (χ0) is 22.8. The summed E-state index contributed by atoms with van der Waals surface area (Å²) in [6.07, 6.45) is 3.22. The first-order valence-electron chi connectivity index (χ1n) is 10.5. The van der Waals surface area contributed by atoms with Crippen LogP contribution < -0.4 is 25.8 Å². The standard InChI is InChI=1S/C24H29N5O3/c1-31-21-8-7-17(15-22(21)32-2)9-13-27-24-28-14-10-20(29-24)18-5-3-6-19(16-18)23(30)26-12-4-11-25/h3,5-8,10,14-16H,4,9,11-13,25H2,1-2H3,(H,26,30)(H,27,28,29). The normalized spacial score (nSPS) is 10.5. The Hall–Kier alpha value is -3.65. The van der Waals surface area contributed by atoms with Crippen molar-refractivity contribution in [3.63, 3.8) is 0 Å². The molecule has 1 heterocycles. The molecule has 2 aromatic carbocycles. The van der Waals surface area contributed by atoms with Gasteiger partial charge in [-0.25, -0.2) is 9.97 Å². The number of nitrogens with one attached hydrogen (secondary N) is 2. The number of hydrogen-bond acceptors (Lipinski definition) is 7. The summed E-state index contributed by atoms with van der Waals surface area (Å²) in [5.74, 6) is 1.81. The van der Waals surface area contributed by atoms with Crippen molar-refractivity contribution < 1.29 is 14.3 Å². The topological polar surface area (TPSA) is 111 Å². The van der Waals surface area contributed by atoms with Crippen molar-refractivity contribution in [1.29, 1.82) is 0 Å². The van der Waals surface area contributed by atoms with E-state index in [0.29, 0.717) is 42.6 Å². The summed E-state index contributed by atoms with van der Waals surface area (Å²) < 4.78 is 10.6. The first-order valence-corrected chi connectivity index (χ1v) is 10.5. The molecule has 0 spiro atoms. The molecule has 1 aromatic heterocycles. The zero-order valence-electron chi connectivity index (χ0n) is 18.4. The average Bonchev–Trinajstić information content (AvgIpc) is 2.84. The smallest absolute Gasteiger partial charge is 0.251 e. The third-order valence-corrected chi connectivity index (χ3v) is 4.89. The second-order valence-corrected chi connectivity index (χ2v) is 7.11. The molecule has 0 unspecified atom stereocenters. The van der Waals surface area contributed by atoms with Crippen LogP contribution in [0.3, 0.4) is 0 Å². The fourth-order valence-corrected chi connectivity index (χ4v) is 3.19. The van der Waals surface area contributed by atoms with Crippen LogP contribution in [-0.2, 0) is 6.42 Å². The number of rotatable bonds is 11. The maximum atomic E-state index is 12.3. The first-order chi connectivity index (χ1) is 15.6. The van der Waals surface area contributed by atoms with Gasteiger partial charge in [0, 0.05) is 30.4 Å². The zero-order valence-corrected chi connectivity index (χ0v) is 18.4. The number of carbonyl (C=O) groups excluding carboxylic acids is 1. The minimum atomic E-state index is -0.123. The molecule has 1 amide bonds. The summed E-state index contributed by atoms with van der Waals surface area (Å²) in [4.78, 5) is 21.2. The molecule has 3 rings (SSSR count). The van der Waals surface area contributed by atoms with Gasteiger partial charge in [-0.15, -0.1) is 0 Å². The molecule has 0 saturated carbocycles. The highest BCUT2D eigenvalue weighted by molar-refractivity contribution is 5.95. The van der Waals surface area contributed by atoms with E-state index in [0.717, 1.165) is 29.7 Å². The van der Waals surface area contributed by atoms with Crippen LogP contribution >= 0.6 is 0 Å². The molecule has 8 nitrogen and oxygen atoms in total. The van der Waals surface area contributed by atoms with Gasteiger partial charge in [-0.3, -0.25) is 4.79 Å². The van der Waals surface area contributed by atoms with Crippen molar-refractivity contribution in [1.82, 2.24) is 15.3 Å². The Bertz CT molecular complexity index is 1040. The summed E-state index contributed by atoms with van der Waals surface area (Å²) in [7, 11) is 3.24. The van der Waals surface area contributed by atoms with Crippen LogP contribution in [0, 0.1) is 0 Å². The minimum absolute atomic E-state index is 0.123. The summed E-state index contributed by atoms with van der Waals surface area (Å²) in [6, 6.07) is 15.1. The highest BCUT2D eigenvalue weighted by Gasteiger charge is 2.09. The van der Waals surface area contributed by atoms with Crippen LogP contribution in [0.5, 0.6) is 11.5 Å². The first kappa shape index (κ1) is 23.0. The highest BCUT2D eigenvalue weighted by atomic mass is 16.5. The summed E-state index contributed by atoms with van der Waals surface area (Å²) in [5.41, 5.74) is 8.76. The average molecular weight is 436 g/mol. The Kier molecular flexibility index (Phi) is 8.39. The number of ether oxygens (including phenoxy) is 2. The van der Waals surface area contributed by atoms with E-state index < -0.39 is 0 Å². The van der Waals surface area contributed by atoms with Crippen molar-refractivity contribution >= 4 is 11.9 Å². The molecule has 0 atom stereocenters. The molecule has 0 bridgehead atoms. The van der Waals surface area contributed by atoms with Crippen molar-refractivity contribution in [3.8, 4) is 22.8 Å². The highest BCUT2D eigenvalue weighted by Crippen LogP contribution is 2.27. The Balaban J connectivity index is 1.63. The van der Waals surface area contributed by atoms with Crippen LogP contribution in [0.2, 0.25) is 0 Å². The number of aromatic nitrogens is 2. The maximum Gasteiger partial charge on any atom is 0.251 e. The van der Waals surface area contributed by atoms with E-state index in [-0.39, 0.29) is 5.91 Å². The van der Waals surface area contributed by atoms with E-state index in [1.165, 1.54) is 0 Å². The van der Waals surface area contributed by atoms with Gasteiger partial charge in [0.05, 0.1) is 19.9 Å². The summed E-state index contributed by atoms with van der Waals surface area (Å²) in [6.45, 7) is 1.76. The number of hydrogen-bond donors (Lipinski definition) is 3. The predicted molar refractivity (Wildman–Crippen MR) is 125 cm³/mol. The van der Waals surface area contributed by atoms with Gasteiger partial charge in [-0.2, -0.15) is 0 Å². The predicted octanol–water partition coefficient (Wildman–Crippen LogP) is 2.89. The van der Waals surface area contributed by atoms with E-state index in [4.69, 9.17) is 15.2 Å². The van der Waals surface area contributed by atoms with Gasteiger partial charge in [0.1, 0.15) is 0 Å². The largest absolute Gasteiger partial charge is 0.493 e. The molecule has 8 heteroatoms. The van der Waals surface area contributed by atoms with Crippen molar-refractivity contribution in [2.45, 2.75) is 12.8 Å². The van der Waals surface area contributed by atoms with Gasteiger partial charge in [0.15, 0.2) is 11.5 Å². The quantitative estimate of drug-likeness (QED) is 0.397. The lowest BCUT2D eigenvalue weighted by Gasteiger charge is -2.10. The Labute approximate surface area is 188 Å². The van der Waals surface area contributed by atoms with E-state index in [9.17, 15) is 4.79 Å². The second kappa shape index (κ2) is 11.7. The van der Waals surface area contributed by atoms with Crippen LogP contribution in [0.15, 0.2) is 54.7 Å². The van der Waals surface area contributed by atoms with Gasteiger partial charge in [-0.1, -0.05) is 18.2 Å². The van der Waals surface area contributed by atoms with Gasteiger partial charge < -0.3 is 25.8 Å². The molecule has 0 fully saturated rings. The number of nitrogens with zero attached hydrogens (tertiary/aromatic N) is 2. The van der Waals surface area contributed by atoms with Crippen molar-refractivity contribution in [3.05, 3.63) is 65.9 Å². The SMILES string of the molecule is COc1ccc(CCNc2nccc(-c3cccc(C(=O)NCCCN)c3)n2)cc1OC. The molecular formula is C24H29N5O3. The lowest BCUT2D eigenvalue weighted by molar-refractivity contribution is 0.0953. The fourth-order valence-electron chi connectivity index (χ4n) is 3.19. The Morgan fingerprint density at radius 3 is 2.66 bits per heavy atom. The number of methoxy groups -OCH3 is 2. The van der Waals surface area contributed by atoms with Gasteiger partial charge >= 0.3 is 0 Å². The van der Waals surface area contributed by atoms with Crippen molar-refractivity contribution in [2.24, 2.45) is 5.73 Å². The number of carbonyl (C=O) groups is 1. The molecule has 0 aliphatic heterocycles. The Morgan fingerprint density at radius 1 is 1.03 bits per heavy atom. The molecular weight excluding hydrogens is 406 g/mol. The molecule has 4 N–H and O–H groups in total. The van der Waals surface area contributed by atoms with Crippen LogP contribution in [0.1, 0.15) is 22.3 Å². The van der Waals surface area contributed by atoms with Crippen molar-refractivity contribution in [2.75, 3.05) is 39.2 Å². The summed E-state index contributed by atoms with van der Waals surface area (Å²) >= 11 is 0. The third-order valence-electron chi connectivity index (χ3n) is 4.89. The monoisotopic (exact) mass is 435 g/mol. The van der Waals surface area contributed by atoms with E-state index in [1.807, 2.05) is 42.5 Å². The van der Waals surface area contributed by atoms with E-state index >= 15 is 0 Å². The van der Waals surface area contributed by atoms with Gasteiger partial charge in [0.2, 0.25) is 5.95 Å². The molecule has 32 heavy (non-hydrogen) atoms. The Morgan fingerprint density at radius 2 is 1.88 bits per heavy atom. The van der Waals surface area contributed by atoms with Gasteiger partial charge in [0.25, 0.3) is 5.91 Å². The number of benzene rings is 2. The number of amides is 1. The number of anilines is 1. The van der Waals surface area contributed by atoms with E-state index in [1.54, 1.807) is 26.5 Å². The lowest BCUT2D eigenvalue weighted by atomic mass is 10.1. The third kappa shape index (κ3) is 6.18. The maximum absolute atomic E-state index is 12.3.